The Hall–Kier alpha value is -4.48. The number of halogens is 1. The van der Waals surface area contributed by atoms with Crippen molar-refractivity contribution in [3.05, 3.63) is 107 Å². The summed E-state index contributed by atoms with van der Waals surface area (Å²) in [5, 5.41) is 21.0. The molecule has 0 aliphatic heterocycles. The zero-order chi connectivity index (χ0) is 34.4. The fourth-order valence-electron chi connectivity index (χ4n) is 5.74. The summed E-state index contributed by atoms with van der Waals surface area (Å²) in [6.45, 7) is 3.53. The molecule has 256 valence electrons. The largest absolute Gasteiger partial charge is 0.356 e. The van der Waals surface area contributed by atoms with Gasteiger partial charge in [0, 0.05) is 37.2 Å². The van der Waals surface area contributed by atoms with Gasteiger partial charge < -0.3 is 15.2 Å². The van der Waals surface area contributed by atoms with E-state index in [1.54, 1.807) is 0 Å². The van der Waals surface area contributed by atoms with Gasteiger partial charge in [0.25, 0.3) is 0 Å². The van der Waals surface area contributed by atoms with E-state index in [4.69, 9.17) is 11.6 Å². The van der Waals surface area contributed by atoms with E-state index in [1.807, 2.05) is 54.6 Å². The number of thiol groups is 1. The Morgan fingerprint density at radius 1 is 0.918 bits per heavy atom. The molecule has 0 fully saturated rings. The number of amides is 2. The normalized spacial score (nSPS) is 11.7. The van der Waals surface area contributed by atoms with E-state index in [0.29, 0.717) is 55.5 Å². The number of carbonyl (C=O) groups excluding carboxylic acids is 2. The number of aromatic nitrogens is 6. The molecule has 3 N–H and O–H groups in total. The zero-order valence-corrected chi connectivity index (χ0v) is 29.4. The minimum atomic E-state index is -0.191. The van der Waals surface area contributed by atoms with Crippen molar-refractivity contribution in [2.24, 2.45) is 5.92 Å². The lowest BCUT2D eigenvalue weighted by Gasteiger charge is -2.15. The summed E-state index contributed by atoms with van der Waals surface area (Å²) in [6, 6.07) is 26.3. The molecule has 49 heavy (non-hydrogen) atoms. The highest BCUT2D eigenvalue weighted by Crippen LogP contribution is 2.30. The summed E-state index contributed by atoms with van der Waals surface area (Å²) in [6.07, 6.45) is 5.20. The Morgan fingerprint density at radius 2 is 1.67 bits per heavy atom. The topological polar surface area (TPSA) is 130 Å². The second kappa shape index (κ2) is 18.3. The van der Waals surface area contributed by atoms with Crippen LogP contribution < -0.4 is 10.6 Å². The maximum atomic E-state index is 12.8. The van der Waals surface area contributed by atoms with E-state index < -0.39 is 0 Å². The van der Waals surface area contributed by atoms with Gasteiger partial charge in [0.1, 0.15) is 5.82 Å². The lowest BCUT2D eigenvalue weighted by Crippen LogP contribution is -2.33. The predicted octanol–water partition coefficient (Wildman–Crippen LogP) is 6.47. The van der Waals surface area contributed by atoms with E-state index in [0.717, 1.165) is 58.6 Å². The highest BCUT2D eigenvalue weighted by Gasteiger charge is 2.19. The lowest BCUT2D eigenvalue weighted by molar-refractivity contribution is -0.124. The van der Waals surface area contributed by atoms with Crippen LogP contribution in [0.25, 0.3) is 22.5 Å². The molecule has 1 atom stereocenters. The Morgan fingerprint density at radius 3 is 2.39 bits per heavy atom. The van der Waals surface area contributed by atoms with Crippen LogP contribution in [0.15, 0.2) is 78.9 Å². The third-order valence-corrected chi connectivity index (χ3v) is 9.22. The molecule has 5 aromatic rings. The summed E-state index contributed by atoms with van der Waals surface area (Å²) in [5.41, 5.74) is 5.95. The van der Waals surface area contributed by atoms with Gasteiger partial charge in [0.15, 0.2) is 5.15 Å². The van der Waals surface area contributed by atoms with Crippen LogP contribution in [-0.4, -0.2) is 54.3 Å². The van der Waals surface area contributed by atoms with Crippen LogP contribution in [0.5, 0.6) is 0 Å². The van der Waals surface area contributed by atoms with E-state index in [2.05, 4.69) is 84.6 Å². The molecule has 10 nitrogen and oxygen atoms in total. The Labute approximate surface area is 297 Å². The smallest absolute Gasteiger partial charge is 0.224 e. The first-order valence-corrected chi connectivity index (χ1v) is 17.8. The fraction of sp³-hybridized carbons (Fsp3) is 0.351. The molecule has 0 aliphatic carbocycles. The van der Waals surface area contributed by atoms with Gasteiger partial charge in [-0.15, -0.1) is 10.2 Å². The van der Waals surface area contributed by atoms with Gasteiger partial charge in [-0.1, -0.05) is 104 Å². The number of nitrogens with zero attached hydrogens (tertiary/aromatic N) is 5. The number of aryl methyl sites for hydroxylation is 1. The Kier molecular flexibility index (Phi) is 13.4. The number of hydrogen-bond acceptors (Lipinski definition) is 7. The van der Waals surface area contributed by atoms with Crippen molar-refractivity contribution < 1.29 is 9.59 Å². The molecule has 2 heterocycles. The van der Waals surface area contributed by atoms with E-state index in [9.17, 15) is 9.59 Å². The molecular formula is C37H43ClN8O2S. The van der Waals surface area contributed by atoms with E-state index >= 15 is 0 Å². The summed E-state index contributed by atoms with van der Waals surface area (Å²) in [4.78, 5) is 30.2. The third-order valence-electron chi connectivity index (χ3n) is 8.47. The van der Waals surface area contributed by atoms with Gasteiger partial charge >= 0.3 is 0 Å². The van der Waals surface area contributed by atoms with Crippen LogP contribution in [-0.2, 0) is 35.5 Å². The van der Waals surface area contributed by atoms with Crippen LogP contribution in [0.3, 0.4) is 0 Å². The van der Waals surface area contributed by atoms with Crippen molar-refractivity contribution in [3.8, 4) is 22.5 Å². The summed E-state index contributed by atoms with van der Waals surface area (Å²) >= 11 is 11.0. The van der Waals surface area contributed by atoms with Crippen LogP contribution in [0, 0.1) is 5.92 Å². The van der Waals surface area contributed by atoms with Gasteiger partial charge in [0.2, 0.25) is 17.6 Å². The lowest BCUT2D eigenvalue weighted by atomic mass is 9.98. The van der Waals surface area contributed by atoms with Crippen LogP contribution in [0.1, 0.15) is 61.7 Å². The van der Waals surface area contributed by atoms with E-state index in [-0.39, 0.29) is 24.3 Å². The van der Waals surface area contributed by atoms with Crippen LogP contribution in [0.4, 0.5) is 0 Å². The standard InChI is InChI=1S/C37H43ClN8O2S/c1-2-3-15-33-41-35(38)32(23-40-34(47)16-9-10-21-39-37(48)29(25-49)22-26-11-5-4-6-12-26)46(33)24-27-17-19-28(20-18-27)30-13-7-8-14-31(30)36-42-44-45-43-36/h4-8,11-14,17-20,29,49H,2-3,9-10,15-16,21-25H2,1H3,(H,39,48)(H,40,47)(H,42,43,44,45). The molecule has 0 saturated carbocycles. The maximum absolute atomic E-state index is 12.8. The molecule has 0 bridgehead atoms. The number of aromatic amines is 1. The number of unbranched alkanes of at least 4 members (excludes halogenated alkanes) is 2. The molecule has 0 aliphatic rings. The zero-order valence-electron chi connectivity index (χ0n) is 27.7. The first-order chi connectivity index (χ1) is 24.0. The molecule has 0 saturated heterocycles. The van der Waals surface area contributed by atoms with Crippen LogP contribution in [0.2, 0.25) is 5.15 Å². The monoisotopic (exact) mass is 698 g/mol. The highest BCUT2D eigenvalue weighted by molar-refractivity contribution is 7.80. The Balaban J connectivity index is 1.15. The molecular weight excluding hydrogens is 656 g/mol. The van der Waals surface area contributed by atoms with E-state index in [1.165, 1.54) is 0 Å². The second-order valence-electron chi connectivity index (χ2n) is 12.0. The number of imidazole rings is 1. The number of rotatable bonds is 18. The van der Waals surface area contributed by atoms with Crippen molar-refractivity contribution in [3.63, 3.8) is 0 Å². The molecule has 2 amide bonds. The number of H-pyrrole nitrogens is 1. The molecule has 2 aromatic heterocycles. The molecule has 5 rings (SSSR count). The number of benzene rings is 3. The van der Waals surface area contributed by atoms with Gasteiger partial charge in [-0.2, -0.15) is 17.8 Å². The number of carbonyl (C=O) groups is 2. The van der Waals surface area contributed by atoms with Gasteiger partial charge in [-0.3, -0.25) is 9.59 Å². The number of nitrogens with one attached hydrogen (secondary N) is 3. The Bertz CT molecular complexity index is 1780. The van der Waals surface area contributed by atoms with Crippen molar-refractivity contribution in [1.82, 2.24) is 40.8 Å². The average Bonchev–Trinajstić information content (AvgIpc) is 3.77. The SMILES string of the molecule is CCCCc1nc(Cl)c(CNC(=O)CCCCNC(=O)C(CS)Cc2ccccc2)n1Cc1ccc(-c2ccccc2-c2nn[nH]n2)cc1. The first-order valence-electron chi connectivity index (χ1n) is 16.8. The second-order valence-corrected chi connectivity index (χ2v) is 12.8. The summed E-state index contributed by atoms with van der Waals surface area (Å²) in [5.74, 6) is 1.67. The van der Waals surface area contributed by atoms with Gasteiger partial charge in [-0.25, -0.2) is 4.98 Å². The minimum Gasteiger partial charge on any atom is -0.356 e. The minimum absolute atomic E-state index is 0.00611. The summed E-state index contributed by atoms with van der Waals surface area (Å²) in [7, 11) is 0. The quantitative estimate of drug-likeness (QED) is 0.0614. The van der Waals surface area contributed by atoms with Crippen molar-refractivity contribution >= 4 is 36.0 Å². The average molecular weight is 699 g/mol. The maximum Gasteiger partial charge on any atom is 0.224 e. The van der Waals surface area contributed by atoms with Crippen molar-refractivity contribution in [2.75, 3.05) is 12.3 Å². The molecule has 1 unspecified atom stereocenters. The molecule has 0 radical (unpaired) electrons. The van der Waals surface area contributed by atoms with Crippen molar-refractivity contribution in [2.45, 2.75) is 65.0 Å². The number of tetrazole rings is 1. The van der Waals surface area contributed by atoms with Gasteiger partial charge in [-0.05, 0) is 53.2 Å². The third kappa shape index (κ3) is 10.0. The fourth-order valence-corrected chi connectivity index (χ4v) is 6.30. The van der Waals surface area contributed by atoms with Crippen molar-refractivity contribution in [1.29, 1.82) is 0 Å². The molecule has 3 aromatic carbocycles. The first kappa shape index (κ1) is 35.8. The predicted molar refractivity (Wildman–Crippen MR) is 196 cm³/mol. The molecule has 0 spiro atoms. The highest BCUT2D eigenvalue weighted by atomic mass is 35.5. The van der Waals surface area contributed by atoms with Gasteiger partial charge in [0.05, 0.1) is 18.2 Å². The molecule has 12 heteroatoms. The van der Waals surface area contributed by atoms with Crippen LogP contribution >= 0.6 is 24.2 Å². The number of hydrogen-bond donors (Lipinski definition) is 4. The summed E-state index contributed by atoms with van der Waals surface area (Å²) < 4.78 is 2.13.